The maximum Gasteiger partial charge on any atom is 0.270 e. The second-order valence-corrected chi connectivity index (χ2v) is 5.50. The zero-order valence-electron chi connectivity index (χ0n) is 12.1. The van der Waals surface area contributed by atoms with Gasteiger partial charge in [-0.05, 0) is 32.0 Å². The van der Waals surface area contributed by atoms with Crippen molar-refractivity contribution in [2.45, 2.75) is 18.9 Å². The molecule has 1 N–H and O–H groups in total. The summed E-state index contributed by atoms with van der Waals surface area (Å²) in [4.78, 5) is 14.6. The van der Waals surface area contributed by atoms with Gasteiger partial charge in [0.1, 0.15) is 5.69 Å². The number of piperidine rings is 1. The molecular weight excluding hydrogens is 250 g/mol. The summed E-state index contributed by atoms with van der Waals surface area (Å²) in [5.74, 6) is 0.151. The van der Waals surface area contributed by atoms with Crippen molar-refractivity contribution >= 4 is 16.8 Å². The number of para-hydroxylation sites is 1. The van der Waals surface area contributed by atoms with Crippen LogP contribution in [-0.2, 0) is 7.05 Å². The Morgan fingerprint density at radius 2 is 1.95 bits per heavy atom. The van der Waals surface area contributed by atoms with Gasteiger partial charge in [-0.2, -0.15) is 0 Å². The molecule has 20 heavy (non-hydrogen) atoms. The Morgan fingerprint density at radius 3 is 2.60 bits per heavy atom. The van der Waals surface area contributed by atoms with Crippen molar-refractivity contribution in [1.29, 1.82) is 0 Å². The van der Waals surface area contributed by atoms with Crippen LogP contribution in [0.2, 0.25) is 0 Å². The predicted octanol–water partition coefficient (Wildman–Crippen LogP) is 2.00. The van der Waals surface area contributed by atoms with Gasteiger partial charge in [0.2, 0.25) is 0 Å². The van der Waals surface area contributed by atoms with Crippen LogP contribution in [0.1, 0.15) is 23.3 Å². The first-order chi connectivity index (χ1) is 9.70. The lowest BCUT2D eigenvalue weighted by Gasteiger charge is -2.31. The molecule has 106 valence electrons. The number of benzene rings is 1. The maximum atomic E-state index is 12.7. The molecule has 1 amide bonds. The monoisotopic (exact) mass is 271 g/mol. The number of nitrogens with zero attached hydrogens (tertiary/aromatic N) is 2. The van der Waals surface area contributed by atoms with E-state index in [1.165, 1.54) is 0 Å². The van der Waals surface area contributed by atoms with Crippen molar-refractivity contribution in [2.75, 3.05) is 20.1 Å². The fourth-order valence-electron chi connectivity index (χ4n) is 3.03. The highest BCUT2D eigenvalue weighted by Crippen LogP contribution is 2.21. The molecule has 4 heteroatoms. The SMILES string of the molecule is CNC1CCN(C(=O)c2cc3ccccc3n2C)CC1. The fraction of sp³-hybridized carbons (Fsp3) is 0.438. The average molecular weight is 271 g/mol. The third-order valence-corrected chi connectivity index (χ3v) is 4.36. The maximum absolute atomic E-state index is 12.7. The lowest BCUT2D eigenvalue weighted by Crippen LogP contribution is -2.44. The predicted molar refractivity (Wildman–Crippen MR) is 80.9 cm³/mol. The Morgan fingerprint density at radius 1 is 1.25 bits per heavy atom. The third kappa shape index (κ3) is 2.20. The quantitative estimate of drug-likeness (QED) is 0.907. The van der Waals surface area contributed by atoms with E-state index in [4.69, 9.17) is 0 Å². The Hall–Kier alpha value is -1.81. The molecule has 1 aliphatic heterocycles. The highest BCUT2D eigenvalue weighted by Gasteiger charge is 2.24. The Kier molecular flexibility index (Phi) is 3.49. The van der Waals surface area contributed by atoms with Crippen molar-refractivity contribution in [2.24, 2.45) is 7.05 Å². The van der Waals surface area contributed by atoms with Crippen molar-refractivity contribution in [1.82, 2.24) is 14.8 Å². The molecule has 0 aliphatic carbocycles. The van der Waals surface area contributed by atoms with E-state index in [9.17, 15) is 4.79 Å². The first kappa shape index (κ1) is 13.2. The van der Waals surface area contributed by atoms with Crippen molar-refractivity contribution in [3.63, 3.8) is 0 Å². The van der Waals surface area contributed by atoms with Gasteiger partial charge < -0.3 is 14.8 Å². The van der Waals surface area contributed by atoms with E-state index >= 15 is 0 Å². The molecule has 0 bridgehead atoms. The number of carbonyl (C=O) groups is 1. The number of aromatic nitrogens is 1. The molecule has 0 saturated carbocycles. The van der Waals surface area contributed by atoms with Crippen molar-refractivity contribution in [3.05, 3.63) is 36.0 Å². The Bertz CT molecular complexity index is 624. The number of fused-ring (bicyclic) bond motifs is 1. The summed E-state index contributed by atoms with van der Waals surface area (Å²) in [7, 11) is 3.96. The van der Waals surface area contributed by atoms with Crippen LogP contribution < -0.4 is 5.32 Å². The zero-order valence-corrected chi connectivity index (χ0v) is 12.1. The number of likely N-dealkylation sites (tertiary alicyclic amines) is 1. The minimum absolute atomic E-state index is 0.151. The molecule has 1 aromatic carbocycles. The number of rotatable bonds is 2. The summed E-state index contributed by atoms with van der Waals surface area (Å²) in [5.41, 5.74) is 1.90. The molecule has 4 nitrogen and oxygen atoms in total. The van der Waals surface area contributed by atoms with Crippen molar-refractivity contribution < 1.29 is 4.79 Å². The van der Waals surface area contributed by atoms with Gasteiger partial charge in [0.15, 0.2) is 0 Å². The van der Waals surface area contributed by atoms with Crippen LogP contribution in [0.25, 0.3) is 10.9 Å². The van der Waals surface area contributed by atoms with Gasteiger partial charge in [0.05, 0.1) is 0 Å². The van der Waals surface area contributed by atoms with E-state index in [1.807, 2.05) is 41.8 Å². The molecule has 0 atom stereocenters. The van der Waals surface area contributed by atoms with Gasteiger partial charge in [-0.25, -0.2) is 0 Å². The summed E-state index contributed by atoms with van der Waals surface area (Å²) in [6.45, 7) is 1.68. The molecule has 1 aliphatic rings. The second kappa shape index (κ2) is 5.29. The minimum Gasteiger partial charge on any atom is -0.340 e. The molecule has 2 heterocycles. The normalized spacial score (nSPS) is 16.8. The highest BCUT2D eigenvalue weighted by atomic mass is 16.2. The van der Waals surface area contributed by atoms with Crippen LogP contribution >= 0.6 is 0 Å². The number of amides is 1. The lowest BCUT2D eigenvalue weighted by molar-refractivity contribution is 0.0698. The molecule has 1 fully saturated rings. The number of carbonyl (C=O) groups excluding carboxylic acids is 1. The van der Waals surface area contributed by atoms with E-state index in [2.05, 4.69) is 17.4 Å². The summed E-state index contributed by atoms with van der Waals surface area (Å²) in [6.07, 6.45) is 2.07. The van der Waals surface area contributed by atoms with Gasteiger partial charge in [-0.3, -0.25) is 4.79 Å². The molecular formula is C16H21N3O. The molecule has 1 aromatic heterocycles. The minimum atomic E-state index is 0.151. The van der Waals surface area contributed by atoms with E-state index in [0.717, 1.165) is 42.5 Å². The topological polar surface area (TPSA) is 37.3 Å². The Balaban J connectivity index is 1.84. The van der Waals surface area contributed by atoms with Gasteiger partial charge in [-0.15, -0.1) is 0 Å². The van der Waals surface area contributed by atoms with Gasteiger partial charge in [-0.1, -0.05) is 18.2 Å². The Labute approximate surface area is 119 Å². The largest absolute Gasteiger partial charge is 0.340 e. The van der Waals surface area contributed by atoms with Crippen molar-refractivity contribution in [3.8, 4) is 0 Å². The molecule has 0 unspecified atom stereocenters. The smallest absolute Gasteiger partial charge is 0.270 e. The van der Waals surface area contributed by atoms with Crippen LogP contribution in [0.15, 0.2) is 30.3 Å². The second-order valence-electron chi connectivity index (χ2n) is 5.50. The van der Waals surface area contributed by atoms with Crippen LogP contribution in [0.5, 0.6) is 0 Å². The van der Waals surface area contributed by atoms with Gasteiger partial charge >= 0.3 is 0 Å². The van der Waals surface area contributed by atoms with Gasteiger partial charge in [0, 0.05) is 37.1 Å². The van der Waals surface area contributed by atoms with E-state index in [0.29, 0.717) is 6.04 Å². The molecule has 0 spiro atoms. The number of nitrogens with one attached hydrogen (secondary N) is 1. The molecule has 0 radical (unpaired) electrons. The van der Waals surface area contributed by atoms with Crippen LogP contribution in [0.3, 0.4) is 0 Å². The molecule has 1 saturated heterocycles. The van der Waals surface area contributed by atoms with E-state index < -0.39 is 0 Å². The molecule has 2 aromatic rings. The number of aryl methyl sites for hydroxylation is 1. The van der Waals surface area contributed by atoms with Crippen LogP contribution in [0.4, 0.5) is 0 Å². The first-order valence-electron chi connectivity index (χ1n) is 7.21. The van der Waals surface area contributed by atoms with Crippen LogP contribution in [-0.4, -0.2) is 41.6 Å². The number of hydrogen-bond donors (Lipinski definition) is 1. The standard InChI is InChI=1S/C16H21N3O/c1-17-13-7-9-19(10-8-13)16(20)15-11-12-5-3-4-6-14(12)18(15)2/h3-6,11,13,17H,7-10H2,1-2H3. The fourth-order valence-corrected chi connectivity index (χ4v) is 3.03. The summed E-state index contributed by atoms with van der Waals surface area (Å²) in [6, 6.07) is 10.7. The summed E-state index contributed by atoms with van der Waals surface area (Å²) < 4.78 is 2.00. The van der Waals surface area contributed by atoms with E-state index in [1.54, 1.807) is 0 Å². The van der Waals surface area contributed by atoms with Crippen LogP contribution in [0, 0.1) is 0 Å². The average Bonchev–Trinajstić information content (AvgIpc) is 2.84. The highest BCUT2D eigenvalue weighted by molar-refractivity contribution is 5.98. The molecule has 3 rings (SSSR count). The van der Waals surface area contributed by atoms with E-state index in [-0.39, 0.29) is 5.91 Å². The zero-order chi connectivity index (χ0) is 14.1. The number of hydrogen-bond acceptors (Lipinski definition) is 2. The van der Waals surface area contributed by atoms with Gasteiger partial charge in [0.25, 0.3) is 5.91 Å². The third-order valence-electron chi connectivity index (χ3n) is 4.36. The first-order valence-corrected chi connectivity index (χ1v) is 7.21. The summed E-state index contributed by atoms with van der Waals surface area (Å²) >= 11 is 0. The lowest BCUT2D eigenvalue weighted by atomic mass is 10.1. The summed E-state index contributed by atoms with van der Waals surface area (Å²) in [5, 5.41) is 4.42.